The van der Waals surface area contributed by atoms with Gasteiger partial charge in [-0.1, -0.05) is 18.2 Å². The molecule has 3 nitrogen and oxygen atoms in total. The van der Waals surface area contributed by atoms with Crippen LogP contribution in [-0.4, -0.2) is 29.7 Å². The van der Waals surface area contributed by atoms with Crippen molar-refractivity contribution in [3.05, 3.63) is 35.6 Å². The fourth-order valence-corrected chi connectivity index (χ4v) is 1.76. The smallest absolute Gasteiger partial charge is 0.227 e. The van der Waals surface area contributed by atoms with Crippen LogP contribution in [0, 0.1) is 5.82 Å². The van der Waals surface area contributed by atoms with E-state index in [4.69, 9.17) is 0 Å². The molecule has 0 unspecified atom stereocenters. The first kappa shape index (κ1) is 10.8. The Morgan fingerprint density at radius 1 is 1.38 bits per heavy atom. The summed E-state index contributed by atoms with van der Waals surface area (Å²) in [5, 5.41) is 0. The number of Topliss-reactive ketones (excluding diaryl/α,β-unsaturated/α-hetero) is 1. The predicted octanol–water partition coefficient (Wildman–Crippen LogP) is 1.17. The maximum absolute atomic E-state index is 13.3. The van der Waals surface area contributed by atoms with Crippen LogP contribution < -0.4 is 0 Å². The molecule has 1 amide bonds. The minimum atomic E-state index is -0.374. The standard InChI is InChI=1S/C12H12FNO2/c13-11-4-2-1-3-9(11)7-12(16)14-6-5-10(15)8-14/h1-4H,5-8H2. The van der Waals surface area contributed by atoms with Gasteiger partial charge >= 0.3 is 0 Å². The summed E-state index contributed by atoms with van der Waals surface area (Å²) in [7, 11) is 0. The molecule has 0 radical (unpaired) electrons. The average molecular weight is 221 g/mol. The van der Waals surface area contributed by atoms with Gasteiger partial charge in [-0.2, -0.15) is 0 Å². The molecule has 1 fully saturated rings. The van der Waals surface area contributed by atoms with Gasteiger partial charge in [-0.25, -0.2) is 4.39 Å². The minimum Gasteiger partial charge on any atom is -0.335 e. The third-order valence-corrected chi connectivity index (χ3v) is 2.68. The fraction of sp³-hybridized carbons (Fsp3) is 0.333. The number of carbonyl (C=O) groups is 2. The van der Waals surface area contributed by atoms with E-state index < -0.39 is 0 Å². The molecular formula is C12H12FNO2. The summed E-state index contributed by atoms with van der Waals surface area (Å²) < 4.78 is 13.3. The minimum absolute atomic E-state index is 0.0277. The van der Waals surface area contributed by atoms with Crippen molar-refractivity contribution in [3.63, 3.8) is 0 Å². The van der Waals surface area contributed by atoms with Crippen LogP contribution in [-0.2, 0) is 16.0 Å². The zero-order chi connectivity index (χ0) is 11.5. The molecular weight excluding hydrogens is 209 g/mol. The van der Waals surface area contributed by atoms with Crippen molar-refractivity contribution in [2.45, 2.75) is 12.8 Å². The summed E-state index contributed by atoms with van der Waals surface area (Å²) >= 11 is 0. The van der Waals surface area contributed by atoms with E-state index in [0.29, 0.717) is 18.5 Å². The summed E-state index contributed by atoms with van der Waals surface area (Å²) in [6, 6.07) is 6.20. The number of halogens is 1. The molecule has 16 heavy (non-hydrogen) atoms. The highest BCUT2D eigenvalue weighted by molar-refractivity contribution is 5.90. The lowest BCUT2D eigenvalue weighted by Gasteiger charge is -2.14. The van der Waals surface area contributed by atoms with E-state index >= 15 is 0 Å². The van der Waals surface area contributed by atoms with Crippen LogP contribution in [0.1, 0.15) is 12.0 Å². The first-order chi connectivity index (χ1) is 7.66. The quantitative estimate of drug-likeness (QED) is 0.751. The van der Waals surface area contributed by atoms with Gasteiger partial charge in [-0.3, -0.25) is 9.59 Å². The van der Waals surface area contributed by atoms with E-state index in [1.807, 2.05) is 0 Å². The predicted molar refractivity (Wildman–Crippen MR) is 56.3 cm³/mol. The Morgan fingerprint density at radius 2 is 2.12 bits per heavy atom. The van der Waals surface area contributed by atoms with Crippen molar-refractivity contribution in [2.75, 3.05) is 13.1 Å². The van der Waals surface area contributed by atoms with Crippen LogP contribution in [0.15, 0.2) is 24.3 Å². The van der Waals surface area contributed by atoms with Gasteiger partial charge < -0.3 is 4.90 Å². The van der Waals surface area contributed by atoms with Gasteiger partial charge in [0.05, 0.1) is 13.0 Å². The number of rotatable bonds is 2. The largest absolute Gasteiger partial charge is 0.335 e. The van der Waals surface area contributed by atoms with E-state index in [1.165, 1.54) is 11.0 Å². The fourth-order valence-electron chi connectivity index (χ4n) is 1.76. The summed E-state index contributed by atoms with van der Waals surface area (Å²) in [4.78, 5) is 24.2. The highest BCUT2D eigenvalue weighted by Crippen LogP contribution is 2.11. The third-order valence-electron chi connectivity index (χ3n) is 2.68. The van der Waals surface area contributed by atoms with Gasteiger partial charge in [-0.15, -0.1) is 0 Å². The average Bonchev–Trinajstić information content (AvgIpc) is 2.68. The molecule has 84 valence electrons. The number of benzene rings is 1. The molecule has 0 aliphatic carbocycles. The van der Waals surface area contributed by atoms with E-state index in [1.54, 1.807) is 18.2 Å². The Kier molecular flexibility index (Phi) is 2.99. The second kappa shape index (κ2) is 4.43. The zero-order valence-electron chi connectivity index (χ0n) is 8.78. The van der Waals surface area contributed by atoms with Gasteiger partial charge in [0.25, 0.3) is 0 Å². The Labute approximate surface area is 92.9 Å². The number of nitrogens with zero attached hydrogens (tertiary/aromatic N) is 1. The molecule has 0 atom stereocenters. The zero-order valence-corrected chi connectivity index (χ0v) is 8.78. The Balaban J connectivity index is 2.03. The molecule has 4 heteroatoms. The van der Waals surface area contributed by atoms with Crippen LogP contribution >= 0.6 is 0 Å². The molecule has 1 aromatic carbocycles. The highest BCUT2D eigenvalue weighted by Gasteiger charge is 2.24. The number of carbonyl (C=O) groups excluding carboxylic acids is 2. The van der Waals surface area contributed by atoms with Crippen LogP contribution in [0.5, 0.6) is 0 Å². The number of amides is 1. The van der Waals surface area contributed by atoms with E-state index in [0.717, 1.165) is 0 Å². The third kappa shape index (κ3) is 2.27. The second-order valence-electron chi connectivity index (χ2n) is 3.87. The van der Waals surface area contributed by atoms with Gasteiger partial charge in [0, 0.05) is 13.0 Å². The maximum Gasteiger partial charge on any atom is 0.227 e. The van der Waals surface area contributed by atoms with Crippen molar-refractivity contribution in [3.8, 4) is 0 Å². The molecule has 1 aliphatic rings. The Hall–Kier alpha value is -1.71. The topological polar surface area (TPSA) is 37.4 Å². The van der Waals surface area contributed by atoms with E-state index in [-0.39, 0.29) is 30.5 Å². The van der Waals surface area contributed by atoms with Gasteiger partial charge in [0.15, 0.2) is 5.78 Å². The summed E-state index contributed by atoms with van der Waals surface area (Å²) in [6.45, 7) is 0.638. The number of hydrogen-bond donors (Lipinski definition) is 0. The van der Waals surface area contributed by atoms with E-state index in [2.05, 4.69) is 0 Å². The highest BCUT2D eigenvalue weighted by atomic mass is 19.1. The molecule has 0 spiro atoms. The normalized spacial score (nSPS) is 15.6. The van der Waals surface area contributed by atoms with Crippen LogP contribution in [0.3, 0.4) is 0 Å². The lowest BCUT2D eigenvalue weighted by molar-refractivity contribution is -0.131. The summed E-state index contributed by atoms with van der Waals surface area (Å²) in [5.74, 6) is -0.487. The van der Waals surface area contributed by atoms with Gasteiger partial charge in [0.1, 0.15) is 5.82 Å². The van der Waals surface area contributed by atoms with Crippen molar-refractivity contribution < 1.29 is 14.0 Å². The Bertz CT molecular complexity index is 431. The molecule has 0 aromatic heterocycles. The molecule has 1 saturated heterocycles. The summed E-state index contributed by atoms with van der Waals surface area (Å²) in [6.07, 6.45) is 0.447. The van der Waals surface area contributed by atoms with Crippen LogP contribution in [0.2, 0.25) is 0 Å². The number of hydrogen-bond acceptors (Lipinski definition) is 2. The van der Waals surface area contributed by atoms with Crippen molar-refractivity contribution >= 4 is 11.7 Å². The monoisotopic (exact) mass is 221 g/mol. The first-order valence-corrected chi connectivity index (χ1v) is 5.19. The van der Waals surface area contributed by atoms with Crippen molar-refractivity contribution in [1.82, 2.24) is 4.90 Å². The van der Waals surface area contributed by atoms with Crippen LogP contribution in [0.25, 0.3) is 0 Å². The van der Waals surface area contributed by atoms with Crippen molar-refractivity contribution in [2.24, 2.45) is 0 Å². The summed E-state index contributed by atoms with van der Waals surface area (Å²) in [5.41, 5.74) is 0.381. The molecule has 1 aliphatic heterocycles. The maximum atomic E-state index is 13.3. The van der Waals surface area contributed by atoms with Gasteiger partial charge in [-0.05, 0) is 11.6 Å². The number of ketones is 1. The molecule has 1 aromatic rings. The molecule has 0 N–H and O–H groups in total. The lowest BCUT2D eigenvalue weighted by atomic mass is 10.1. The first-order valence-electron chi connectivity index (χ1n) is 5.19. The Morgan fingerprint density at radius 3 is 2.75 bits per heavy atom. The number of likely N-dealkylation sites (tertiary alicyclic amines) is 1. The van der Waals surface area contributed by atoms with E-state index in [9.17, 15) is 14.0 Å². The van der Waals surface area contributed by atoms with Gasteiger partial charge in [0.2, 0.25) is 5.91 Å². The molecule has 1 heterocycles. The lowest BCUT2D eigenvalue weighted by Crippen LogP contribution is -2.30. The second-order valence-corrected chi connectivity index (χ2v) is 3.87. The van der Waals surface area contributed by atoms with Crippen LogP contribution in [0.4, 0.5) is 4.39 Å². The molecule has 0 bridgehead atoms. The van der Waals surface area contributed by atoms with Crippen molar-refractivity contribution in [1.29, 1.82) is 0 Å². The molecule has 2 rings (SSSR count). The SMILES string of the molecule is O=C1CCN(C(=O)Cc2ccccc2F)C1. The molecule has 0 saturated carbocycles.